The monoisotopic (exact) mass is 223 g/mol. The van der Waals surface area contributed by atoms with E-state index in [0.717, 1.165) is 19.6 Å². The fraction of sp³-hybridized carbons (Fsp3) is 0.385. The average molecular weight is 224 g/mol. The molecule has 0 radical (unpaired) electrons. The van der Waals surface area contributed by atoms with E-state index < -0.39 is 0 Å². The summed E-state index contributed by atoms with van der Waals surface area (Å²) in [4.78, 5) is 2.38. The molecule has 0 spiro atoms. The highest BCUT2D eigenvalue weighted by molar-refractivity contribution is 6.25. The lowest BCUT2D eigenvalue weighted by molar-refractivity contribution is 0.295. The van der Waals surface area contributed by atoms with Crippen LogP contribution in [0.3, 0.4) is 0 Å². The third-order valence-corrected chi connectivity index (χ3v) is 2.42. The Morgan fingerprint density at radius 2 is 2.00 bits per heavy atom. The van der Waals surface area contributed by atoms with Crippen molar-refractivity contribution < 1.29 is 0 Å². The number of nitrogens with zero attached hydrogens (tertiary/aromatic N) is 1. The van der Waals surface area contributed by atoms with Gasteiger partial charge in [-0.15, -0.1) is 0 Å². The van der Waals surface area contributed by atoms with Crippen molar-refractivity contribution in [2.24, 2.45) is 0 Å². The third-order valence-electron chi connectivity index (χ3n) is 2.24. The summed E-state index contributed by atoms with van der Waals surface area (Å²) in [6, 6.07) is 10.5. The molecule has 1 aromatic rings. The van der Waals surface area contributed by atoms with Gasteiger partial charge in [-0.2, -0.15) is 0 Å². The van der Waals surface area contributed by atoms with Crippen molar-refractivity contribution in [3.8, 4) is 0 Å². The van der Waals surface area contributed by atoms with Gasteiger partial charge in [-0.3, -0.25) is 4.90 Å². The van der Waals surface area contributed by atoms with Gasteiger partial charge in [0.05, 0.1) is 0 Å². The van der Waals surface area contributed by atoms with Crippen molar-refractivity contribution in [3.63, 3.8) is 0 Å². The van der Waals surface area contributed by atoms with Gasteiger partial charge in [0.25, 0.3) is 0 Å². The predicted octanol–water partition coefficient (Wildman–Crippen LogP) is 3.65. The molecule has 0 heterocycles. The molecule has 0 aliphatic rings. The second kappa shape index (κ2) is 7.49. The predicted molar refractivity (Wildman–Crippen MR) is 67.0 cm³/mol. The van der Waals surface area contributed by atoms with Crippen LogP contribution in [0.1, 0.15) is 18.9 Å². The fourth-order valence-corrected chi connectivity index (χ4v) is 1.66. The van der Waals surface area contributed by atoms with Crippen molar-refractivity contribution in [1.82, 2.24) is 4.90 Å². The molecule has 0 unspecified atom stereocenters. The summed E-state index contributed by atoms with van der Waals surface area (Å²) in [5, 5.41) is 0. The Kier molecular flexibility index (Phi) is 6.14. The summed E-state index contributed by atoms with van der Waals surface area (Å²) in [5.41, 5.74) is 2.95. The van der Waals surface area contributed by atoms with Crippen LogP contribution in [0.25, 0.3) is 0 Å². The lowest BCUT2D eigenvalue weighted by atomic mass is 10.2. The van der Waals surface area contributed by atoms with Gasteiger partial charge in [-0.1, -0.05) is 54.9 Å². The zero-order valence-electron chi connectivity index (χ0n) is 9.20. The molecule has 1 nitrogen and oxygen atoms in total. The van der Waals surface area contributed by atoms with Crippen molar-refractivity contribution in [3.05, 3.63) is 47.5 Å². The molecule has 0 fully saturated rings. The van der Waals surface area contributed by atoms with Gasteiger partial charge in [0.2, 0.25) is 0 Å². The zero-order chi connectivity index (χ0) is 10.9. The first-order valence-corrected chi connectivity index (χ1v) is 5.82. The van der Waals surface area contributed by atoms with Gasteiger partial charge in [-0.25, -0.2) is 0 Å². The number of hydrogen-bond donors (Lipinski definition) is 0. The van der Waals surface area contributed by atoms with E-state index in [1.165, 1.54) is 12.0 Å². The zero-order valence-corrected chi connectivity index (χ0v) is 9.95. The molecule has 0 bridgehead atoms. The van der Waals surface area contributed by atoms with E-state index in [2.05, 4.69) is 36.1 Å². The highest BCUT2D eigenvalue weighted by Gasteiger charge is 2.01. The van der Waals surface area contributed by atoms with Crippen molar-refractivity contribution >= 4 is 11.6 Å². The normalized spacial score (nSPS) is 11.4. The molecule has 1 rings (SSSR count). The minimum atomic E-state index is 0.923. The molecular weight excluding hydrogens is 206 g/mol. The van der Waals surface area contributed by atoms with Crippen LogP contribution in [-0.2, 0) is 6.54 Å². The van der Waals surface area contributed by atoms with Gasteiger partial charge < -0.3 is 0 Å². The van der Waals surface area contributed by atoms with Crippen LogP contribution < -0.4 is 0 Å². The highest BCUT2D eigenvalue weighted by atomic mass is 35.5. The molecule has 0 aromatic heterocycles. The summed E-state index contributed by atoms with van der Waals surface area (Å²) in [5.74, 6) is 0. The molecule has 2 heteroatoms. The van der Waals surface area contributed by atoms with E-state index in [1.54, 1.807) is 5.54 Å². The average Bonchev–Trinajstić information content (AvgIpc) is 2.28. The quantitative estimate of drug-likeness (QED) is 0.712. The smallest absolute Gasteiger partial charge is 0.0237 e. The summed E-state index contributed by atoms with van der Waals surface area (Å²) in [6.07, 6.45) is 3.16. The molecule has 82 valence electrons. The molecule has 0 atom stereocenters. The molecule has 0 N–H and O–H groups in total. The number of rotatable bonds is 6. The van der Waals surface area contributed by atoms with Crippen LogP contribution in [0, 0.1) is 0 Å². The minimum Gasteiger partial charge on any atom is -0.295 e. The first-order valence-electron chi connectivity index (χ1n) is 5.38. The van der Waals surface area contributed by atoms with E-state index >= 15 is 0 Å². The summed E-state index contributed by atoms with van der Waals surface area (Å²) in [7, 11) is 0. The topological polar surface area (TPSA) is 3.24 Å². The minimum absolute atomic E-state index is 0.923. The maximum atomic E-state index is 5.54. The van der Waals surface area contributed by atoms with Crippen LogP contribution in [0.2, 0.25) is 0 Å². The second-order valence-electron chi connectivity index (χ2n) is 3.58. The van der Waals surface area contributed by atoms with Crippen LogP contribution in [-0.4, -0.2) is 18.0 Å². The summed E-state index contributed by atoms with van der Waals surface area (Å²) < 4.78 is 0. The molecule has 0 saturated heterocycles. The van der Waals surface area contributed by atoms with E-state index in [0.29, 0.717) is 0 Å². The van der Waals surface area contributed by atoms with Gasteiger partial charge >= 0.3 is 0 Å². The van der Waals surface area contributed by atoms with Gasteiger partial charge in [0.1, 0.15) is 0 Å². The lowest BCUT2D eigenvalue weighted by Crippen LogP contribution is -2.24. The molecule has 0 saturated carbocycles. The fourth-order valence-electron chi connectivity index (χ4n) is 1.58. The van der Waals surface area contributed by atoms with Gasteiger partial charge in [0.15, 0.2) is 0 Å². The Bertz CT molecular complexity index is 282. The first-order chi connectivity index (χ1) is 7.36. The maximum Gasteiger partial charge on any atom is 0.0237 e. The standard InChI is InChI=1S/C13H18ClN/c1-2-10-15(11-6-9-14)12-13-7-4-3-5-8-13/h3-9H,2,10-12H2,1H3/b9-6+. The van der Waals surface area contributed by atoms with Gasteiger partial charge in [0, 0.05) is 18.6 Å². The Balaban J connectivity index is 2.50. The molecule has 0 aliphatic carbocycles. The third kappa shape index (κ3) is 5.01. The number of benzene rings is 1. The molecule has 0 amide bonds. The SMILES string of the molecule is CCCN(C/C=C/Cl)Cc1ccccc1. The van der Waals surface area contributed by atoms with E-state index in [9.17, 15) is 0 Å². The van der Waals surface area contributed by atoms with E-state index in [1.807, 2.05) is 12.1 Å². The summed E-state index contributed by atoms with van der Waals surface area (Å²) >= 11 is 5.54. The molecular formula is C13H18ClN. The van der Waals surface area contributed by atoms with Crippen LogP contribution in [0.5, 0.6) is 0 Å². The maximum absolute atomic E-state index is 5.54. The van der Waals surface area contributed by atoms with Crippen molar-refractivity contribution in [2.75, 3.05) is 13.1 Å². The molecule has 1 aromatic carbocycles. The van der Waals surface area contributed by atoms with Gasteiger partial charge in [-0.05, 0) is 18.5 Å². The Hall–Kier alpha value is -0.790. The lowest BCUT2D eigenvalue weighted by Gasteiger charge is -2.19. The molecule has 15 heavy (non-hydrogen) atoms. The van der Waals surface area contributed by atoms with Crippen molar-refractivity contribution in [2.45, 2.75) is 19.9 Å². The second-order valence-corrected chi connectivity index (χ2v) is 3.83. The first kappa shape index (κ1) is 12.3. The van der Waals surface area contributed by atoms with Crippen molar-refractivity contribution in [1.29, 1.82) is 0 Å². The Morgan fingerprint density at radius 3 is 2.60 bits per heavy atom. The summed E-state index contributed by atoms with van der Waals surface area (Å²) in [6.45, 7) is 5.22. The highest BCUT2D eigenvalue weighted by Crippen LogP contribution is 2.05. The van der Waals surface area contributed by atoms with Crippen LogP contribution >= 0.6 is 11.6 Å². The largest absolute Gasteiger partial charge is 0.295 e. The Labute approximate surface area is 97.4 Å². The molecule has 0 aliphatic heterocycles. The van der Waals surface area contributed by atoms with E-state index in [4.69, 9.17) is 11.6 Å². The number of halogens is 1. The van der Waals surface area contributed by atoms with Crippen LogP contribution in [0.4, 0.5) is 0 Å². The van der Waals surface area contributed by atoms with E-state index in [-0.39, 0.29) is 0 Å². The Morgan fingerprint density at radius 1 is 1.27 bits per heavy atom. The van der Waals surface area contributed by atoms with Crippen LogP contribution in [0.15, 0.2) is 41.9 Å². The number of hydrogen-bond acceptors (Lipinski definition) is 1.